The van der Waals surface area contributed by atoms with Gasteiger partial charge in [0, 0.05) is 6.08 Å². The number of esters is 2. The third-order valence-electron chi connectivity index (χ3n) is 2.91. The molecule has 0 bridgehead atoms. The second-order valence-electron chi connectivity index (χ2n) is 4.92. The van der Waals surface area contributed by atoms with E-state index in [1.54, 1.807) is 0 Å². The van der Waals surface area contributed by atoms with E-state index < -0.39 is 11.9 Å². The van der Waals surface area contributed by atoms with E-state index >= 15 is 0 Å². The van der Waals surface area contributed by atoms with Gasteiger partial charge in [0.05, 0.1) is 13.2 Å². The van der Waals surface area contributed by atoms with Crippen molar-refractivity contribution in [3.8, 4) is 0 Å². The summed E-state index contributed by atoms with van der Waals surface area (Å²) in [4.78, 5) is 22.9. The fourth-order valence-electron chi connectivity index (χ4n) is 1.67. The van der Waals surface area contributed by atoms with Gasteiger partial charge in [0.1, 0.15) is 5.03 Å². The molecule has 0 spiro atoms. The zero-order valence-corrected chi connectivity index (χ0v) is 13.9. The molecule has 0 aliphatic heterocycles. The highest BCUT2D eigenvalue weighted by atomic mass is 35.5. The number of halogens is 1. The molecule has 0 aliphatic rings. The van der Waals surface area contributed by atoms with Gasteiger partial charge in [-0.1, -0.05) is 64.0 Å². The Hall–Kier alpha value is -1.03. The summed E-state index contributed by atoms with van der Waals surface area (Å²) in [7, 11) is 0. The molecule has 0 aromatic carbocycles. The number of rotatable bonds is 12. The molecular weight excluding hydrogens is 292 g/mol. The van der Waals surface area contributed by atoms with Crippen molar-refractivity contribution in [3.63, 3.8) is 0 Å². The Morgan fingerprint density at radius 3 is 1.90 bits per heavy atom. The van der Waals surface area contributed by atoms with Gasteiger partial charge in [-0.3, -0.25) is 0 Å². The van der Waals surface area contributed by atoms with Gasteiger partial charge in [-0.15, -0.1) is 0 Å². The zero-order valence-electron chi connectivity index (χ0n) is 13.2. The van der Waals surface area contributed by atoms with Crippen LogP contribution in [0, 0.1) is 0 Å². The fourth-order valence-corrected chi connectivity index (χ4v) is 1.81. The average Bonchev–Trinajstić information content (AvgIpc) is 2.46. The van der Waals surface area contributed by atoms with E-state index in [2.05, 4.69) is 13.8 Å². The Labute approximate surface area is 132 Å². The van der Waals surface area contributed by atoms with Gasteiger partial charge in [0.15, 0.2) is 0 Å². The van der Waals surface area contributed by atoms with Crippen LogP contribution in [0.15, 0.2) is 11.1 Å². The monoisotopic (exact) mass is 318 g/mol. The largest absolute Gasteiger partial charge is 0.462 e. The van der Waals surface area contributed by atoms with E-state index in [4.69, 9.17) is 21.1 Å². The van der Waals surface area contributed by atoms with Gasteiger partial charge in [0.25, 0.3) is 0 Å². The molecule has 0 amide bonds. The van der Waals surface area contributed by atoms with Gasteiger partial charge >= 0.3 is 11.9 Å². The van der Waals surface area contributed by atoms with Crippen molar-refractivity contribution in [1.29, 1.82) is 0 Å². The highest BCUT2D eigenvalue weighted by Gasteiger charge is 2.11. The van der Waals surface area contributed by atoms with Gasteiger partial charge in [0.2, 0.25) is 0 Å². The van der Waals surface area contributed by atoms with E-state index in [-0.39, 0.29) is 5.03 Å². The first kappa shape index (κ1) is 20.0. The maximum Gasteiger partial charge on any atom is 0.350 e. The lowest BCUT2D eigenvalue weighted by Crippen LogP contribution is -2.09. The molecule has 0 heterocycles. The molecule has 0 unspecified atom stereocenters. The first-order chi connectivity index (χ1) is 10.1. The predicted octanol–water partition coefficient (Wildman–Crippen LogP) is 4.36. The van der Waals surface area contributed by atoms with Crippen LogP contribution in [0.25, 0.3) is 0 Å². The molecule has 21 heavy (non-hydrogen) atoms. The van der Waals surface area contributed by atoms with Crippen LogP contribution >= 0.6 is 11.6 Å². The van der Waals surface area contributed by atoms with E-state index in [9.17, 15) is 9.59 Å². The molecule has 5 heteroatoms. The third-order valence-corrected chi connectivity index (χ3v) is 3.18. The summed E-state index contributed by atoms with van der Waals surface area (Å²) in [5.41, 5.74) is 0. The Balaban J connectivity index is 3.81. The van der Waals surface area contributed by atoms with Crippen molar-refractivity contribution in [2.75, 3.05) is 13.2 Å². The third kappa shape index (κ3) is 12.4. The van der Waals surface area contributed by atoms with Crippen molar-refractivity contribution in [3.05, 3.63) is 11.1 Å². The molecule has 0 aromatic rings. The molecule has 0 radical (unpaired) electrons. The van der Waals surface area contributed by atoms with E-state index in [0.29, 0.717) is 13.2 Å². The van der Waals surface area contributed by atoms with Crippen molar-refractivity contribution < 1.29 is 19.1 Å². The molecule has 0 rings (SSSR count). The van der Waals surface area contributed by atoms with E-state index in [1.807, 2.05) is 0 Å². The standard InChI is InChI=1S/C16H27ClO4/c1-3-5-7-9-11-20-15(18)13-14(17)16(19)21-12-10-8-6-4-2/h13H,3-12H2,1-2H3. The van der Waals surface area contributed by atoms with Crippen molar-refractivity contribution >= 4 is 23.5 Å². The summed E-state index contributed by atoms with van der Waals surface area (Å²) < 4.78 is 9.92. The summed E-state index contributed by atoms with van der Waals surface area (Å²) in [5.74, 6) is -1.27. The lowest BCUT2D eigenvalue weighted by atomic mass is 10.2. The van der Waals surface area contributed by atoms with Crippen LogP contribution < -0.4 is 0 Å². The highest BCUT2D eigenvalue weighted by molar-refractivity contribution is 6.42. The molecule has 4 nitrogen and oxygen atoms in total. The fraction of sp³-hybridized carbons (Fsp3) is 0.750. The summed E-state index contributed by atoms with van der Waals surface area (Å²) in [6.07, 6.45) is 9.16. The van der Waals surface area contributed by atoms with Crippen molar-refractivity contribution in [2.24, 2.45) is 0 Å². The normalized spacial score (nSPS) is 11.3. The molecule has 122 valence electrons. The Kier molecular flexibility index (Phi) is 13.2. The van der Waals surface area contributed by atoms with Crippen molar-refractivity contribution in [2.45, 2.75) is 65.2 Å². The molecule has 0 saturated carbocycles. The number of carbonyl (C=O) groups excluding carboxylic acids is 2. The second kappa shape index (κ2) is 13.9. The Bertz CT molecular complexity index is 326. The summed E-state index contributed by atoms with van der Waals surface area (Å²) in [5, 5.41) is -0.232. The average molecular weight is 319 g/mol. The maximum atomic E-state index is 11.5. The van der Waals surface area contributed by atoms with Crippen LogP contribution in [0.1, 0.15) is 65.2 Å². The summed E-state index contributed by atoms with van der Waals surface area (Å²) in [6, 6.07) is 0. The van der Waals surface area contributed by atoms with Crippen LogP contribution in [0.4, 0.5) is 0 Å². The van der Waals surface area contributed by atoms with Crippen LogP contribution in [-0.4, -0.2) is 25.2 Å². The molecule has 0 fully saturated rings. The van der Waals surface area contributed by atoms with Crippen LogP contribution in [0.3, 0.4) is 0 Å². The second-order valence-corrected chi connectivity index (χ2v) is 5.32. The molecule has 0 aromatic heterocycles. The van der Waals surface area contributed by atoms with Gasteiger partial charge in [-0.05, 0) is 12.8 Å². The Morgan fingerprint density at radius 2 is 1.38 bits per heavy atom. The quantitative estimate of drug-likeness (QED) is 0.305. The summed E-state index contributed by atoms with van der Waals surface area (Å²) >= 11 is 5.71. The zero-order chi connectivity index (χ0) is 15.9. The number of ether oxygens (including phenoxy) is 2. The highest BCUT2D eigenvalue weighted by Crippen LogP contribution is 2.07. The number of hydrogen-bond donors (Lipinski definition) is 0. The lowest BCUT2D eigenvalue weighted by molar-refractivity contribution is -0.141. The SMILES string of the molecule is CCCCCCOC(=O)C=C(Cl)C(=O)OCCCCCC. The Morgan fingerprint density at radius 1 is 0.857 bits per heavy atom. The van der Waals surface area contributed by atoms with Crippen LogP contribution in [0.2, 0.25) is 0 Å². The maximum absolute atomic E-state index is 11.5. The van der Waals surface area contributed by atoms with E-state index in [0.717, 1.165) is 57.4 Å². The number of hydrogen-bond acceptors (Lipinski definition) is 4. The minimum Gasteiger partial charge on any atom is -0.462 e. The lowest BCUT2D eigenvalue weighted by Gasteiger charge is -2.04. The molecular formula is C16H27ClO4. The first-order valence-electron chi connectivity index (χ1n) is 7.82. The topological polar surface area (TPSA) is 52.6 Å². The van der Waals surface area contributed by atoms with Crippen LogP contribution in [0.5, 0.6) is 0 Å². The van der Waals surface area contributed by atoms with E-state index in [1.165, 1.54) is 0 Å². The number of unbranched alkanes of at least 4 members (excludes halogenated alkanes) is 6. The first-order valence-corrected chi connectivity index (χ1v) is 8.20. The van der Waals surface area contributed by atoms with Gasteiger partial charge < -0.3 is 9.47 Å². The predicted molar refractivity (Wildman–Crippen MR) is 84.1 cm³/mol. The number of carbonyl (C=O) groups is 2. The van der Waals surface area contributed by atoms with Gasteiger partial charge in [-0.25, -0.2) is 9.59 Å². The molecule has 0 aliphatic carbocycles. The minimum atomic E-state index is -0.670. The van der Waals surface area contributed by atoms with Gasteiger partial charge in [-0.2, -0.15) is 0 Å². The summed E-state index contributed by atoms with van der Waals surface area (Å²) in [6.45, 7) is 4.91. The van der Waals surface area contributed by atoms with Crippen molar-refractivity contribution in [1.82, 2.24) is 0 Å². The smallest absolute Gasteiger partial charge is 0.350 e. The van der Waals surface area contributed by atoms with Crippen LogP contribution in [-0.2, 0) is 19.1 Å². The molecule has 0 N–H and O–H groups in total. The molecule has 0 saturated heterocycles. The minimum absolute atomic E-state index is 0.232. The molecule has 0 atom stereocenters.